The second kappa shape index (κ2) is 10.1. The molecule has 2 amide bonds. The van der Waals surface area contributed by atoms with Gasteiger partial charge in [-0.15, -0.1) is 6.58 Å². The summed E-state index contributed by atoms with van der Waals surface area (Å²) < 4.78 is 78.9. The fourth-order valence-corrected chi connectivity index (χ4v) is 3.31. The van der Waals surface area contributed by atoms with Gasteiger partial charge in [0, 0.05) is 30.7 Å². The van der Waals surface area contributed by atoms with E-state index in [0.717, 1.165) is 36.4 Å². The number of urea groups is 1. The number of halogens is 6. The van der Waals surface area contributed by atoms with E-state index in [4.69, 9.17) is 0 Å². The highest BCUT2D eigenvalue weighted by molar-refractivity contribution is 5.89. The first-order chi connectivity index (χ1) is 16.0. The number of aromatic nitrogens is 1. The van der Waals surface area contributed by atoms with E-state index in [1.54, 1.807) is 29.0 Å². The van der Waals surface area contributed by atoms with Gasteiger partial charge < -0.3 is 14.8 Å². The maximum atomic E-state index is 13.0. The van der Waals surface area contributed by atoms with Crippen molar-refractivity contribution in [1.82, 2.24) is 9.47 Å². The Kier molecular flexibility index (Phi) is 7.38. The second-order valence-corrected chi connectivity index (χ2v) is 7.50. The van der Waals surface area contributed by atoms with Crippen molar-refractivity contribution in [3.05, 3.63) is 102 Å². The average molecular weight is 481 g/mol. The fourth-order valence-electron chi connectivity index (χ4n) is 3.31. The van der Waals surface area contributed by atoms with Gasteiger partial charge in [-0.25, -0.2) is 4.79 Å². The maximum absolute atomic E-state index is 13.0. The van der Waals surface area contributed by atoms with Crippen LogP contribution in [0.1, 0.15) is 22.4 Å². The molecule has 0 saturated carbocycles. The molecule has 0 aliphatic heterocycles. The van der Waals surface area contributed by atoms with E-state index in [0.29, 0.717) is 11.3 Å². The zero-order chi connectivity index (χ0) is 24.9. The Balaban J connectivity index is 1.72. The smallest absolute Gasteiger partial charge is 0.345 e. The van der Waals surface area contributed by atoms with Crippen LogP contribution in [-0.4, -0.2) is 22.0 Å². The predicted octanol–water partition coefficient (Wildman–Crippen LogP) is 6.79. The van der Waals surface area contributed by atoms with Crippen molar-refractivity contribution in [2.24, 2.45) is 0 Å². The Morgan fingerprint density at radius 2 is 1.62 bits per heavy atom. The highest BCUT2D eigenvalue weighted by atomic mass is 19.4. The van der Waals surface area contributed by atoms with Gasteiger partial charge >= 0.3 is 18.4 Å². The zero-order valence-corrected chi connectivity index (χ0v) is 17.8. The third-order valence-electron chi connectivity index (χ3n) is 4.98. The van der Waals surface area contributed by atoms with Crippen LogP contribution in [0.5, 0.6) is 0 Å². The third-order valence-corrected chi connectivity index (χ3v) is 4.98. The van der Waals surface area contributed by atoms with Crippen molar-refractivity contribution >= 4 is 11.7 Å². The second-order valence-electron chi connectivity index (χ2n) is 7.50. The molecule has 1 aromatic heterocycles. The molecule has 1 heterocycles. The lowest BCUT2D eigenvalue weighted by molar-refractivity contribution is -0.138. The lowest BCUT2D eigenvalue weighted by Crippen LogP contribution is -2.35. The molecule has 0 saturated heterocycles. The van der Waals surface area contributed by atoms with Crippen LogP contribution >= 0.6 is 0 Å². The van der Waals surface area contributed by atoms with Crippen molar-refractivity contribution in [3.8, 4) is 0 Å². The molecule has 0 aliphatic rings. The molecule has 1 N–H and O–H groups in total. The molecule has 3 rings (SSSR count). The van der Waals surface area contributed by atoms with E-state index in [-0.39, 0.29) is 25.3 Å². The molecule has 0 atom stereocenters. The molecule has 10 heteroatoms. The van der Waals surface area contributed by atoms with Crippen LogP contribution < -0.4 is 5.32 Å². The average Bonchev–Trinajstić information content (AvgIpc) is 3.19. The number of anilines is 1. The standard InChI is InChI=1S/C24H21F6N3O/c1-2-12-33(22(34)31-20-10-8-18(9-11-20)23(25,26)27)16-21-7-4-13-32(21)15-17-5-3-6-19(14-17)24(28,29)30/h2-11,13-14H,1,12,15-16H2,(H,31,34). The number of benzene rings is 2. The Morgan fingerprint density at radius 1 is 0.941 bits per heavy atom. The summed E-state index contributed by atoms with van der Waals surface area (Å²) in [4.78, 5) is 14.1. The van der Waals surface area contributed by atoms with Gasteiger partial charge in [-0.1, -0.05) is 18.2 Å². The molecule has 0 fully saturated rings. The van der Waals surface area contributed by atoms with Crippen LogP contribution in [0.3, 0.4) is 0 Å². The summed E-state index contributed by atoms with van der Waals surface area (Å²) in [5, 5.41) is 2.55. The molecular weight excluding hydrogens is 460 g/mol. The number of hydrogen-bond acceptors (Lipinski definition) is 1. The summed E-state index contributed by atoms with van der Waals surface area (Å²) in [6.45, 7) is 4.02. The summed E-state index contributed by atoms with van der Waals surface area (Å²) in [5.74, 6) is 0. The maximum Gasteiger partial charge on any atom is 0.416 e. The van der Waals surface area contributed by atoms with Gasteiger partial charge in [0.15, 0.2) is 0 Å². The lowest BCUT2D eigenvalue weighted by atomic mass is 10.1. The number of alkyl halides is 6. The van der Waals surface area contributed by atoms with Gasteiger partial charge in [-0.05, 0) is 54.1 Å². The quantitative estimate of drug-likeness (QED) is 0.293. The van der Waals surface area contributed by atoms with Crippen LogP contribution in [0.25, 0.3) is 0 Å². The Hall–Kier alpha value is -3.69. The number of hydrogen-bond donors (Lipinski definition) is 1. The number of nitrogens with zero attached hydrogens (tertiary/aromatic N) is 2. The number of nitrogens with one attached hydrogen (secondary N) is 1. The molecule has 2 aromatic carbocycles. The van der Waals surface area contributed by atoms with E-state index in [1.165, 1.54) is 17.0 Å². The zero-order valence-electron chi connectivity index (χ0n) is 17.8. The molecule has 0 bridgehead atoms. The Labute approximate surface area is 192 Å². The van der Waals surface area contributed by atoms with Crippen LogP contribution in [-0.2, 0) is 25.4 Å². The molecular formula is C24H21F6N3O. The number of amides is 2. The first kappa shape index (κ1) is 24.9. The van der Waals surface area contributed by atoms with E-state index < -0.39 is 29.5 Å². The normalized spacial score (nSPS) is 11.8. The predicted molar refractivity (Wildman–Crippen MR) is 116 cm³/mol. The van der Waals surface area contributed by atoms with Crippen molar-refractivity contribution in [3.63, 3.8) is 0 Å². The fraction of sp³-hybridized carbons (Fsp3) is 0.208. The van der Waals surface area contributed by atoms with Gasteiger partial charge in [0.25, 0.3) is 0 Å². The largest absolute Gasteiger partial charge is 0.416 e. The van der Waals surface area contributed by atoms with E-state index in [1.807, 2.05) is 0 Å². The molecule has 0 aliphatic carbocycles. The summed E-state index contributed by atoms with van der Waals surface area (Å²) in [5.41, 5.74) is -0.297. The van der Waals surface area contributed by atoms with Crippen LogP contribution in [0.4, 0.5) is 36.8 Å². The van der Waals surface area contributed by atoms with Gasteiger partial charge in [0.1, 0.15) is 0 Å². The van der Waals surface area contributed by atoms with Gasteiger partial charge in [-0.2, -0.15) is 26.3 Å². The van der Waals surface area contributed by atoms with Crippen LogP contribution in [0, 0.1) is 0 Å². The minimum atomic E-state index is -4.48. The third kappa shape index (κ3) is 6.43. The summed E-state index contributed by atoms with van der Waals surface area (Å²) in [6.07, 6.45) is -5.75. The van der Waals surface area contributed by atoms with Gasteiger partial charge in [-0.3, -0.25) is 0 Å². The Morgan fingerprint density at radius 3 is 2.24 bits per heavy atom. The monoisotopic (exact) mass is 481 g/mol. The van der Waals surface area contributed by atoms with Crippen molar-refractivity contribution in [1.29, 1.82) is 0 Å². The summed E-state index contributed by atoms with van der Waals surface area (Å²) in [6, 6.07) is 11.9. The summed E-state index contributed by atoms with van der Waals surface area (Å²) in [7, 11) is 0. The highest BCUT2D eigenvalue weighted by Crippen LogP contribution is 2.31. The lowest BCUT2D eigenvalue weighted by Gasteiger charge is -2.23. The van der Waals surface area contributed by atoms with Crippen LogP contribution in [0.15, 0.2) is 79.5 Å². The van der Waals surface area contributed by atoms with Crippen molar-refractivity contribution < 1.29 is 31.1 Å². The molecule has 0 unspecified atom stereocenters. The molecule has 4 nitrogen and oxygen atoms in total. The van der Waals surface area contributed by atoms with Crippen molar-refractivity contribution in [2.45, 2.75) is 25.4 Å². The van der Waals surface area contributed by atoms with Crippen LogP contribution in [0.2, 0.25) is 0 Å². The number of carbonyl (C=O) groups is 1. The molecule has 0 spiro atoms. The molecule has 3 aromatic rings. The van der Waals surface area contributed by atoms with Gasteiger partial charge in [0.05, 0.1) is 17.7 Å². The summed E-state index contributed by atoms with van der Waals surface area (Å²) >= 11 is 0. The highest BCUT2D eigenvalue weighted by Gasteiger charge is 2.31. The Bertz CT molecular complexity index is 1130. The minimum absolute atomic E-state index is 0.102. The first-order valence-electron chi connectivity index (χ1n) is 10.1. The van der Waals surface area contributed by atoms with E-state index in [9.17, 15) is 31.1 Å². The molecule has 34 heavy (non-hydrogen) atoms. The van der Waals surface area contributed by atoms with Gasteiger partial charge in [0.2, 0.25) is 0 Å². The topological polar surface area (TPSA) is 37.3 Å². The molecule has 180 valence electrons. The SMILES string of the molecule is C=CCN(Cc1cccn1Cc1cccc(C(F)(F)F)c1)C(=O)Nc1ccc(C(F)(F)F)cc1. The van der Waals surface area contributed by atoms with E-state index >= 15 is 0 Å². The van der Waals surface area contributed by atoms with Crippen molar-refractivity contribution in [2.75, 3.05) is 11.9 Å². The molecule has 0 radical (unpaired) electrons. The number of rotatable bonds is 7. The number of carbonyl (C=O) groups excluding carboxylic acids is 1. The van der Waals surface area contributed by atoms with E-state index in [2.05, 4.69) is 11.9 Å². The first-order valence-corrected chi connectivity index (χ1v) is 10.1. The minimum Gasteiger partial charge on any atom is -0.345 e.